The van der Waals surface area contributed by atoms with E-state index in [1.165, 1.54) is 4.90 Å². The lowest BCUT2D eigenvalue weighted by Crippen LogP contribution is -2.53. The summed E-state index contributed by atoms with van der Waals surface area (Å²) in [7, 11) is -3.81. The first-order valence-corrected chi connectivity index (χ1v) is 15.5. The Morgan fingerprint density at radius 2 is 1.61 bits per heavy atom. The summed E-state index contributed by atoms with van der Waals surface area (Å²) in [5.74, 6) is -0.779. The molecular weight excluding hydrogens is 634 g/mol. The predicted molar refractivity (Wildman–Crippen MR) is 158 cm³/mol. The molecule has 3 rings (SSSR count). The SMILES string of the molecule is CCNC(=O)[C@H](Cc1ccccc1)N(Cc1ccc(Br)cc1)C(=O)CN(c1ccc(Br)c(C)c1)S(C)(=O)=O. The van der Waals surface area contributed by atoms with Crippen LogP contribution in [0.2, 0.25) is 0 Å². The number of likely N-dealkylation sites (N-methyl/N-ethyl adjacent to an activating group) is 1. The molecule has 38 heavy (non-hydrogen) atoms. The van der Waals surface area contributed by atoms with Gasteiger partial charge >= 0.3 is 0 Å². The summed E-state index contributed by atoms with van der Waals surface area (Å²) in [6, 6.07) is 21.2. The van der Waals surface area contributed by atoms with Gasteiger partial charge in [-0.1, -0.05) is 74.3 Å². The number of halogens is 2. The van der Waals surface area contributed by atoms with E-state index < -0.39 is 28.5 Å². The molecule has 0 heterocycles. The summed E-state index contributed by atoms with van der Waals surface area (Å²) in [5, 5.41) is 2.85. The van der Waals surface area contributed by atoms with Gasteiger partial charge in [-0.05, 0) is 60.9 Å². The lowest BCUT2D eigenvalue weighted by atomic mass is 10.0. The van der Waals surface area contributed by atoms with Gasteiger partial charge in [0.05, 0.1) is 11.9 Å². The van der Waals surface area contributed by atoms with Crippen LogP contribution in [0.3, 0.4) is 0 Å². The van der Waals surface area contributed by atoms with E-state index in [9.17, 15) is 18.0 Å². The normalized spacial score (nSPS) is 12.0. The van der Waals surface area contributed by atoms with Crippen molar-refractivity contribution >= 4 is 59.4 Å². The maximum absolute atomic E-state index is 14.0. The number of hydrogen-bond acceptors (Lipinski definition) is 4. The largest absolute Gasteiger partial charge is 0.355 e. The van der Waals surface area contributed by atoms with E-state index in [1.54, 1.807) is 18.2 Å². The minimum absolute atomic E-state index is 0.137. The number of carbonyl (C=O) groups excluding carboxylic acids is 2. The highest BCUT2D eigenvalue weighted by Gasteiger charge is 2.32. The second-order valence-electron chi connectivity index (χ2n) is 8.95. The van der Waals surface area contributed by atoms with Crippen LogP contribution in [0.4, 0.5) is 5.69 Å². The first kappa shape index (κ1) is 29.9. The number of carbonyl (C=O) groups is 2. The summed E-state index contributed by atoms with van der Waals surface area (Å²) in [6.07, 6.45) is 1.35. The third kappa shape index (κ3) is 8.15. The molecular formula is C28H31Br2N3O4S. The molecule has 0 unspecified atom stereocenters. The number of hydrogen-bond donors (Lipinski definition) is 1. The highest BCUT2D eigenvalue weighted by Crippen LogP contribution is 2.25. The van der Waals surface area contributed by atoms with Crippen molar-refractivity contribution in [3.05, 3.63) is 98.4 Å². The number of sulfonamides is 1. The molecule has 3 aromatic rings. The second kappa shape index (κ2) is 13.4. The van der Waals surface area contributed by atoms with Crippen molar-refractivity contribution in [3.8, 4) is 0 Å². The summed E-state index contributed by atoms with van der Waals surface area (Å²) < 4.78 is 28.5. The molecule has 0 fully saturated rings. The molecule has 0 saturated heterocycles. The van der Waals surface area contributed by atoms with Crippen LogP contribution < -0.4 is 9.62 Å². The zero-order valence-electron chi connectivity index (χ0n) is 21.5. The molecule has 0 aromatic heterocycles. The first-order chi connectivity index (χ1) is 18.0. The number of nitrogens with one attached hydrogen (secondary N) is 1. The van der Waals surface area contributed by atoms with Crippen molar-refractivity contribution in [3.63, 3.8) is 0 Å². The molecule has 0 aliphatic carbocycles. The maximum atomic E-state index is 14.0. The quantitative estimate of drug-likeness (QED) is 0.311. The smallest absolute Gasteiger partial charge is 0.244 e. The number of rotatable bonds is 11. The van der Waals surface area contributed by atoms with E-state index in [1.807, 2.05) is 68.4 Å². The summed E-state index contributed by atoms with van der Waals surface area (Å²) in [5.41, 5.74) is 2.91. The van der Waals surface area contributed by atoms with Crippen LogP contribution >= 0.6 is 31.9 Å². The van der Waals surface area contributed by atoms with Crippen LogP contribution in [0, 0.1) is 6.92 Å². The molecule has 1 atom stereocenters. The fraction of sp³-hybridized carbons (Fsp3) is 0.286. The van der Waals surface area contributed by atoms with Crippen molar-refractivity contribution in [1.82, 2.24) is 10.2 Å². The van der Waals surface area contributed by atoms with Crippen LogP contribution in [0.15, 0.2) is 81.7 Å². The fourth-order valence-electron chi connectivity index (χ4n) is 4.03. The van der Waals surface area contributed by atoms with Gasteiger partial charge in [0, 0.05) is 28.5 Å². The molecule has 1 N–H and O–H groups in total. The average Bonchev–Trinajstić information content (AvgIpc) is 2.87. The minimum Gasteiger partial charge on any atom is -0.355 e. The highest BCUT2D eigenvalue weighted by atomic mass is 79.9. The molecule has 0 aliphatic heterocycles. The molecule has 3 aromatic carbocycles. The monoisotopic (exact) mass is 663 g/mol. The number of nitrogens with zero attached hydrogens (tertiary/aromatic N) is 2. The van der Waals surface area contributed by atoms with Gasteiger partial charge in [0.25, 0.3) is 0 Å². The van der Waals surface area contributed by atoms with Gasteiger partial charge in [-0.3, -0.25) is 13.9 Å². The third-order valence-electron chi connectivity index (χ3n) is 6.00. The Morgan fingerprint density at radius 1 is 0.947 bits per heavy atom. The maximum Gasteiger partial charge on any atom is 0.244 e. The minimum atomic E-state index is -3.81. The lowest BCUT2D eigenvalue weighted by molar-refractivity contribution is -0.140. The van der Waals surface area contributed by atoms with Gasteiger partial charge in [0.15, 0.2) is 0 Å². The van der Waals surface area contributed by atoms with Gasteiger partial charge in [0.1, 0.15) is 12.6 Å². The second-order valence-corrected chi connectivity index (χ2v) is 12.6. The van der Waals surface area contributed by atoms with Crippen LogP contribution in [0.1, 0.15) is 23.6 Å². The predicted octanol–water partition coefficient (Wildman–Crippen LogP) is 5.06. The first-order valence-electron chi connectivity index (χ1n) is 12.1. The van der Waals surface area contributed by atoms with Gasteiger partial charge in [-0.25, -0.2) is 8.42 Å². The van der Waals surface area contributed by atoms with Crippen molar-refractivity contribution in [2.45, 2.75) is 32.9 Å². The molecule has 10 heteroatoms. The Kier molecular flexibility index (Phi) is 10.5. The van der Waals surface area contributed by atoms with Crippen LogP contribution in [0.25, 0.3) is 0 Å². The van der Waals surface area contributed by atoms with Gasteiger partial charge in [-0.15, -0.1) is 0 Å². The van der Waals surface area contributed by atoms with E-state index in [0.717, 1.165) is 36.2 Å². The molecule has 7 nitrogen and oxygen atoms in total. The van der Waals surface area contributed by atoms with E-state index in [4.69, 9.17) is 0 Å². The molecule has 0 radical (unpaired) electrons. The molecule has 0 spiro atoms. The molecule has 202 valence electrons. The molecule has 0 aliphatic rings. The van der Waals surface area contributed by atoms with Crippen LogP contribution in [-0.4, -0.2) is 50.5 Å². The van der Waals surface area contributed by atoms with Crippen LogP contribution in [0.5, 0.6) is 0 Å². The average molecular weight is 665 g/mol. The van der Waals surface area contributed by atoms with Crippen LogP contribution in [-0.2, 0) is 32.6 Å². The Bertz CT molecular complexity index is 1370. The fourth-order valence-corrected chi connectivity index (χ4v) is 5.38. The Labute approximate surface area is 241 Å². The van der Waals surface area contributed by atoms with Crippen molar-refractivity contribution < 1.29 is 18.0 Å². The number of aryl methyl sites for hydroxylation is 1. The van der Waals surface area contributed by atoms with Gasteiger partial charge in [-0.2, -0.15) is 0 Å². The standard InChI is InChI=1S/C28H31Br2N3O4S/c1-4-31-28(35)26(17-21-8-6-5-7-9-21)32(18-22-10-12-23(29)13-11-22)27(34)19-33(38(3,36)37)24-14-15-25(30)20(2)16-24/h5-16,26H,4,17-19H2,1-3H3,(H,31,35)/t26-/m0/s1. The van der Waals surface area contributed by atoms with E-state index in [0.29, 0.717) is 12.2 Å². The topological polar surface area (TPSA) is 86.8 Å². The summed E-state index contributed by atoms with van der Waals surface area (Å²) >= 11 is 6.86. The number of amides is 2. The summed E-state index contributed by atoms with van der Waals surface area (Å²) in [6.45, 7) is 3.76. The van der Waals surface area contributed by atoms with Crippen molar-refractivity contribution in [1.29, 1.82) is 0 Å². The zero-order chi connectivity index (χ0) is 27.9. The Balaban J connectivity index is 2.04. The van der Waals surface area contributed by atoms with E-state index >= 15 is 0 Å². The Morgan fingerprint density at radius 3 is 2.18 bits per heavy atom. The molecule has 0 bridgehead atoms. The number of benzene rings is 3. The number of anilines is 1. The summed E-state index contributed by atoms with van der Waals surface area (Å²) in [4.78, 5) is 28.8. The molecule has 2 amide bonds. The van der Waals surface area contributed by atoms with Gasteiger partial charge in [0.2, 0.25) is 21.8 Å². The third-order valence-corrected chi connectivity index (χ3v) is 8.56. The van der Waals surface area contributed by atoms with E-state index in [2.05, 4.69) is 37.2 Å². The van der Waals surface area contributed by atoms with Gasteiger partial charge < -0.3 is 10.2 Å². The molecule has 0 saturated carbocycles. The lowest BCUT2D eigenvalue weighted by Gasteiger charge is -2.33. The van der Waals surface area contributed by atoms with Crippen molar-refractivity contribution in [2.24, 2.45) is 0 Å². The van der Waals surface area contributed by atoms with Crippen molar-refractivity contribution in [2.75, 3.05) is 23.7 Å². The Hall–Kier alpha value is -2.69. The zero-order valence-corrected chi connectivity index (χ0v) is 25.5. The highest BCUT2D eigenvalue weighted by molar-refractivity contribution is 9.10. The van der Waals surface area contributed by atoms with E-state index in [-0.39, 0.29) is 18.9 Å².